The monoisotopic (exact) mass is 210 g/mol. The molecular formula is C10H18N4O. The summed E-state index contributed by atoms with van der Waals surface area (Å²) in [5.74, 6) is -0.105. The molecule has 15 heavy (non-hydrogen) atoms. The van der Waals surface area contributed by atoms with E-state index in [4.69, 9.17) is 0 Å². The van der Waals surface area contributed by atoms with Gasteiger partial charge < -0.3 is 10.6 Å². The van der Waals surface area contributed by atoms with Crippen molar-refractivity contribution in [1.29, 1.82) is 0 Å². The van der Waals surface area contributed by atoms with E-state index in [-0.39, 0.29) is 5.91 Å². The molecular weight excluding hydrogens is 192 g/mol. The number of hydrogen-bond donors (Lipinski definition) is 2. The Hall–Kier alpha value is -1.36. The van der Waals surface area contributed by atoms with Gasteiger partial charge in [0.05, 0.1) is 0 Å². The van der Waals surface area contributed by atoms with E-state index in [1.165, 1.54) is 0 Å². The average molecular weight is 210 g/mol. The van der Waals surface area contributed by atoms with Crippen LogP contribution in [0.1, 0.15) is 23.8 Å². The van der Waals surface area contributed by atoms with Crippen molar-refractivity contribution in [3.05, 3.63) is 18.0 Å². The van der Waals surface area contributed by atoms with Crippen LogP contribution in [0.4, 0.5) is 0 Å². The molecule has 84 valence electrons. The molecule has 0 aromatic carbocycles. The molecule has 0 spiro atoms. The lowest BCUT2D eigenvalue weighted by Crippen LogP contribution is -2.27. The van der Waals surface area contributed by atoms with Gasteiger partial charge in [0, 0.05) is 19.8 Å². The van der Waals surface area contributed by atoms with Gasteiger partial charge in [-0.05, 0) is 25.6 Å². The van der Waals surface area contributed by atoms with Crippen molar-refractivity contribution in [1.82, 2.24) is 20.4 Å². The SMILES string of the molecule is CCNCCCNC(=O)c1ccn(C)n1. The highest BCUT2D eigenvalue weighted by atomic mass is 16.1. The topological polar surface area (TPSA) is 58.9 Å². The summed E-state index contributed by atoms with van der Waals surface area (Å²) in [6.07, 6.45) is 2.69. The van der Waals surface area contributed by atoms with Crippen LogP contribution in [0.15, 0.2) is 12.3 Å². The standard InChI is InChI=1S/C10H18N4O/c1-3-11-6-4-7-12-10(15)9-5-8-14(2)13-9/h5,8,11H,3-4,6-7H2,1-2H3,(H,12,15). The van der Waals surface area contributed by atoms with Crippen LogP contribution in [0.2, 0.25) is 0 Å². The van der Waals surface area contributed by atoms with Crippen molar-refractivity contribution in [2.24, 2.45) is 7.05 Å². The lowest BCUT2D eigenvalue weighted by atomic mass is 10.3. The third kappa shape index (κ3) is 4.12. The first-order valence-electron chi connectivity index (χ1n) is 5.22. The molecule has 0 fully saturated rings. The number of hydrogen-bond acceptors (Lipinski definition) is 3. The van der Waals surface area contributed by atoms with E-state index < -0.39 is 0 Å². The average Bonchev–Trinajstić information content (AvgIpc) is 2.64. The van der Waals surface area contributed by atoms with Crippen LogP contribution in [0.5, 0.6) is 0 Å². The first-order valence-corrected chi connectivity index (χ1v) is 5.22. The normalized spacial score (nSPS) is 10.3. The maximum absolute atomic E-state index is 11.5. The minimum Gasteiger partial charge on any atom is -0.351 e. The third-order valence-corrected chi connectivity index (χ3v) is 2.01. The zero-order valence-corrected chi connectivity index (χ0v) is 9.29. The molecule has 1 amide bonds. The van der Waals surface area contributed by atoms with Crippen molar-refractivity contribution in [2.45, 2.75) is 13.3 Å². The van der Waals surface area contributed by atoms with Crippen molar-refractivity contribution in [3.8, 4) is 0 Å². The van der Waals surface area contributed by atoms with E-state index in [1.54, 1.807) is 24.0 Å². The second-order valence-electron chi connectivity index (χ2n) is 3.34. The van der Waals surface area contributed by atoms with Crippen LogP contribution >= 0.6 is 0 Å². The Labute approximate surface area is 89.9 Å². The number of nitrogens with zero attached hydrogens (tertiary/aromatic N) is 2. The van der Waals surface area contributed by atoms with E-state index in [1.807, 2.05) is 0 Å². The Morgan fingerprint density at radius 2 is 2.33 bits per heavy atom. The highest BCUT2D eigenvalue weighted by Crippen LogP contribution is 1.93. The summed E-state index contributed by atoms with van der Waals surface area (Å²) in [5, 5.41) is 10.0. The number of nitrogens with one attached hydrogen (secondary N) is 2. The maximum Gasteiger partial charge on any atom is 0.271 e. The van der Waals surface area contributed by atoms with E-state index in [0.717, 1.165) is 19.5 Å². The molecule has 0 bridgehead atoms. The van der Waals surface area contributed by atoms with Crippen molar-refractivity contribution < 1.29 is 4.79 Å². The summed E-state index contributed by atoms with van der Waals surface area (Å²) in [6.45, 7) is 4.64. The molecule has 1 aromatic rings. The van der Waals surface area contributed by atoms with Gasteiger partial charge >= 0.3 is 0 Å². The first kappa shape index (κ1) is 11.7. The molecule has 1 heterocycles. The minimum absolute atomic E-state index is 0.105. The summed E-state index contributed by atoms with van der Waals surface area (Å²) >= 11 is 0. The van der Waals surface area contributed by atoms with Crippen molar-refractivity contribution in [2.75, 3.05) is 19.6 Å². The maximum atomic E-state index is 11.5. The summed E-state index contributed by atoms with van der Waals surface area (Å²) < 4.78 is 1.62. The molecule has 1 rings (SSSR count). The van der Waals surface area contributed by atoms with Gasteiger partial charge in [-0.2, -0.15) is 5.10 Å². The molecule has 0 unspecified atom stereocenters. The summed E-state index contributed by atoms with van der Waals surface area (Å²) in [5.41, 5.74) is 0.473. The fourth-order valence-electron chi connectivity index (χ4n) is 1.22. The van der Waals surface area contributed by atoms with Crippen molar-refractivity contribution >= 4 is 5.91 Å². The third-order valence-electron chi connectivity index (χ3n) is 2.01. The molecule has 0 radical (unpaired) electrons. The largest absolute Gasteiger partial charge is 0.351 e. The minimum atomic E-state index is -0.105. The van der Waals surface area contributed by atoms with Crippen molar-refractivity contribution in [3.63, 3.8) is 0 Å². The molecule has 1 aromatic heterocycles. The van der Waals surface area contributed by atoms with E-state index >= 15 is 0 Å². The highest BCUT2D eigenvalue weighted by molar-refractivity contribution is 5.92. The molecule has 2 N–H and O–H groups in total. The number of rotatable bonds is 6. The molecule has 0 saturated carbocycles. The quantitative estimate of drug-likeness (QED) is 0.657. The Morgan fingerprint density at radius 3 is 2.93 bits per heavy atom. The van der Waals surface area contributed by atoms with Gasteiger partial charge in [-0.3, -0.25) is 9.48 Å². The summed E-state index contributed by atoms with van der Waals surface area (Å²) in [7, 11) is 1.79. The number of amides is 1. The molecule has 5 heteroatoms. The smallest absolute Gasteiger partial charge is 0.271 e. The molecule has 0 aliphatic rings. The fraction of sp³-hybridized carbons (Fsp3) is 0.600. The number of carbonyl (C=O) groups excluding carboxylic acids is 1. The van der Waals surface area contributed by atoms with E-state index in [0.29, 0.717) is 12.2 Å². The molecule has 0 saturated heterocycles. The lowest BCUT2D eigenvalue weighted by molar-refractivity contribution is 0.0947. The van der Waals surface area contributed by atoms with Gasteiger partial charge in [0.15, 0.2) is 0 Å². The van der Waals surface area contributed by atoms with Gasteiger partial charge in [0.25, 0.3) is 5.91 Å². The summed E-state index contributed by atoms with van der Waals surface area (Å²) in [6, 6.07) is 1.71. The second kappa shape index (κ2) is 6.19. The number of aromatic nitrogens is 2. The second-order valence-corrected chi connectivity index (χ2v) is 3.34. The predicted molar refractivity (Wildman–Crippen MR) is 58.7 cm³/mol. The molecule has 5 nitrogen and oxygen atoms in total. The van der Waals surface area contributed by atoms with Crippen LogP contribution in [-0.2, 0) is 7.05 Å². The number of carbonyl (C=O) groups is 1. The zero-order chi connectivity index (χ0) is 11.1. The Bertz CT molecular complexity index is 308. The predicted octanol–water partition coefficient (Wildman–Crippen LogP) is 0.149. The zero-order valence-electron chi connectivity index (χ0n) is 9.29. The Morgan fingerprint density at radius 1 is 1.53 bits per heavy atom. The van der Waals surface area contributed by atoms with Gasteiger partial charge in [-0.15, -0.1) is 0 Å². The van der Waals surface area contributed by atoms with Crippen LogP contribution in [0.25, 0.3) is 0 Å². The molecule has 0 atom stereocenters. The molecule has 0 aliphatic carbocycles. The van der Waals surface area contributed by atoms with Gasteiger partial charge in [-0.1, -0.05) is 6.92 Å². The highest BCUT2D eigenvalue weighted by Gasteiger charge is 2.06. The van der Waals surface area contributed by atoms with E-state index in [2.05, 4.69) is 22.7 Å². The Balaban J connectivity index is 2.19. The van der Waals surface area contributed by atoms with Gasteiger partial charge in [-0.25, -0.2) is 0 Å². The van der Waals surface area contributed by atoms with Gasteiger partial charge in [0.2, 0.25) is 0 Å². The summed E-state index contributed by atoms with van der Waals surface area (Å²) in [4.78, 5) is 11.5. The van der Waals surface area contributed by atoms with Crippen LogP contribution in [-0.4, -0.2) is 35.3 Å². The van der Waals surface area contributed by atoms with Crippen LogP contribution in [0.3, 0.4) is 0 Å². The van der Waals surface area contributed by atoms with Crippen LogP contribution in [0, 0.1) is 0 Å². The lowest BCUT2D eigenvalue weighted by Gasteiger charge is -2.03. The fourth-order valence-corrected chi connectivity index (χ4v) is 1.22. The van der Waals surface area contributed by atoms with E-state index in [9.17, 15) is 4.79 Å². The number of aryl methyl sites for hydroxylation is 1. The van der Waals surface area contributed by atoms with Gasteiger partial charge in [0.1, 0.15) is 5.69 Å². The Kier molecular flexibility index (Phi) is 4.83. The first-order chi connectivity index (χ1) is 7.24. The molecule has 0 aliphatic heterocycles. The van der Waals surface area contributed by atoms with Crippen LogP contribution < -0.4 is 10.6 Å².